The van der Waals surface area contributed by atoms with Crippen LogP contribution in [-0.4, -0.2) is 43.8 Å². The van der Waals surface area contributed by atoms with Crippen LogP contribution in [0.25, 0.3) is 0 Å². The van der Waals surface area contributed by atoms with E-state index in [1.165, 1.54) is 44.9 Å². The van der Waals surface area contributed by atoms with Crippen LogP contribution in [0.3, 0.4) is 0 Å². The molecule has 0 aromatic heterocycles. The summed E-state index contributed by atoms with van der Waals surface area (Å²) in [4.78, 5) is 2.59. The molecule has 0 aromatic rings. The number of hydrogen-bond acceptors (Lipinski definition) is 3. The normalized spacial score (nSPS) is 35.1. The Hall–Kier alpha value is -0.120. The van der Waals surface area contributed by atoms with E-state index >= 15 is 0 Å². The quantitative estimate of drug-likeness (QED) is 0.791. The molecule has 1 aliphatic heterocycles. The highest BCUT2D eigenvalue weighted by Crippen LogP contribution is 2.37. The standard InChI is InChI=1S/C18H36N2O/c1-15(2)17-7-4-9-18(14-19,10-8-17)20(3)12-16-6-5-11-21-13-16/h15-17H,4-14,19H2,1-3H3. The number of likely N-dealkylation sites (N-methyl/N-ethyl adjacent to an activating group) is 1. The number of rotatable bonds is 5. The third-order valence-electron chi connectivity index (χ3n) is 6.12. The molecule has 3 unspecified atom stereocenters. The molecule has 0 radical (unpaired) electrons. The van der Waals surface area contributed by atoms with Crippen LogP contribution in [0.4, 0.5) is 0 Å². The van der Waals surface area contributed by atoms with Crippen molar-refractivity contribution >= 4 is 0 Å². The number of hydrogen-bond donors (Lipinski definition) is 1. The van der Waals surface area contributed by atoms with E-state index < -0.39 is 0 Å². The van der Waals surface area contributed by atoms with Crippen molar-refractivity contribution in [1.29, 1.82) is 0 Å². The van der Waals surface area contributed by atoms with Crippen molar-refractivity contribution in [3.63, 3.8) is 0 Å². The number of nitrogens with zero attached hydrogens (tertiary/aromatic N) is 1. The third kappa shape index (κ3) is 4.43. The zero-order valence-electron chi connectivity index (χ0n) is 14.4. The first-order chi connectivity index (χ1) is 10.1. The van der Waals surface area contributed by atoms with E-state index in [1.807, 2.05) is 0 Å². The van der Waals surface area contributed by atoms with Crippen molar-refractivity contribution in [1.82, 2.24) is 4.90 Å². The molecule has 0 aromatic carbocycles. The molecule has 3 nitrogen and oxygen atoms in total. The zero-order valence-corrected chi connectivity index (χ0v) is 14.4. The Morgan fingerprint density at radius 2 is 2.00 bits per heavy atom. The van der Waals surface area contributed by atoms with Crippen molar-refractivity contribution in [3.8, 4) is 0 Å². The van der Waals surface area contributed by atoms with Gasteiger partial charge in [-0.3, -0.25) is 4.90 Å². The minimum Gasteiger partial charge on any atom is -0.381 e. The maximum Gasteiger partial charge on any atom is 0.0506 e. The molecular weight excluding hydrogens is 260 g/mol. The van der Waals surface area contributed by atoms with Gasteiger partial charge >= 0.3 is 0 Å². The number of ether oxygens (including phenoxy) is 1. The summed E-state index contributed by atoms with van der Waals surface area (Å²) in [5.74, 6) is 2.41. The first-order valence-electron chi connectivity index (χ1n) is 9.06. The molecule has 2 aliphatic rings. The molecule has 3 heteroatoms. The van der Waals surface area contributed by atoms with Gasteiger partial charge in [0.25, 0.3) is 0 Å². The average Bonchev–Trinajstić information content (AvgIpc) is 2.71. The Labute approximate surface area is 131 Å². The summed E-state index contributed by atoms with van der Waals surface area (Å²) in [6, 6.07) is 0. The third-order valence-corrected chi connectivity index (χ3v) is 6.12. The van der Waals surface area contributed by atoms with Gasteiger partial charge in [-0.05, 0) is 56.9 Å². The van der Waals surface area contributed by atoms with Gasteiger partial charge in [-0.25, -0.2) is 0 Å². The summed E-state index contributed by atoms with van der Waals surface area (Å²) < 4.78 is 5.65. The van der Waals surface area contributed by atoms with Crippen LogP contribution in [-0.2, 0) is 4.74 Å². The van der Waals surface area contributed by atoms with Crippen LogP contribution >= 0.6 is 0 Å². The summed E-state index contributed by atoms with van der Waals surface area (Å²) in [6.07, 6.45) is 9.17. The van der Waals surface area contributed by atoms with Gasteiger partial charge in [-0.2, -0.15) is 0 Å². The lowest BCUT2D eigenvalue weighted by molar-refractivity contribution is 0.0160. The van der Waals surface area contributed by atoms with E-state index in [0.29, 0.717) is 5.92 Å². The molecule has 124 valence electrons. The van der Waals surface area contributed by atoms with Gasteiger partial charge in [-0.15, -0.1) is 0 Å². The van der Waals surface area contributed by atoms with Crippen molar-refractivity contribution in [3.05, 3.63) is 0 Å². The van der Waals surface area contributed by atoms with E-state index in [2.05, 4.69) is 25.8 Å². The Morgan fingerprint density at radius 3 is 2.62 bits per heavy atom. The maximum atomic E-state index is 6.26. The van der Waals surface area contributed by atoms with E-state index in [9.17, 15) is 0 Å². The van der Waals surface area contributed by atoms with E-state index in [-0.39, 0.29) is 5.54 Å². The van der Waals surface area contributed by atoms with Crippen molar-refractivity contribution in [2.75, 3.05) is 33.4 Å². The summed E-state index contributed by atoms with van der Waals surface area (Å²) in [5, 5.41) is 0. The fourth-order valence-corrected chi connectivity index (χ4v) is 4.36. The lowest BCUT2D eigenvalue weighted by Gasteiger charge is -2.43. The molecule has 0 amide bonds. The fraction of sp³-hybridized carbons (Fsp3) is 1.00. The molecule has 0 spiro atoms. The Balaban J connectivity index is 1.95. The minimum absolute atomic E-state index is 0.237. The highest BCUT2D eigenvalue weighted by molar-refractivity contribution is 4.94. The summed E-state index contributed by atoms with van der Waals surface area (Å²) in [5.41, 5.74) is 6.50. The monoisotopic (exact) mass is 296 g/mol. The topological polar surface area (TPSA) is 38.5 Å². The first-order valence-corrected chi connectivity index (χ1v) is 9.06. The second kappa shape index (κ2) is 7.94. The molecule has 2 N–H and O–H groups in total. The van der Waals surface area contributed by atoms with Gasteiger partial charge in [-0.1, -0.05) is 26.7 Å². The summed E-state index contributed by atoms with van der Waals surface area (Å²) in [7, 11) is 2.30. The second-order valence-electron chi connectivity index (χ2n) is 7.83. The summed E-state index contributed by atoms with van der Waals surface area (Å²) in [6.45, 7) is 8.62. The molecule has 1 saturated heterocycles. The van der Waals surface area contributed by atoms with Gasteiger partial charge in [0, 0.05) is 25.2 Å². The van der Waals surface area contributed by atoms with Crippen LogP contribution in [0.15, 0.2) is 0 Å². The van der Waals surface area contributed by atoms with Gasteiger partial charge in [0.05, 0.1) is 6.61 Å². The van der Waals surface area contributed by atoms with Gasteiger partial charge in [0.2, 0.25) is 0 Å². The predicted molar refractivity (Wildman–Crippen MR) is 89.4 cm³/mol. The minimum atomic E-state index is 0.237. The molecule has 1 aliphatic carbocycles. The van der Waals surface area contributed by atoms with E-state index in [1.54, 1.807) is 0 Å². The van der Waals surface area contributed by atoms with Gasteiger partial charge in [0.15, 0.2) is 0 Å². The van der Waals surface area contributed by atoms with Crippen LogP contribution in [0.5, 0.6) is 0 Å². The Morgan fingerprint density at radius 1 is 1.19 bits per heavy atom. The first kappa shape index (κ1) is 17.2. The maximum absolute atomic E-state index is 6.26. The van der Waals surface area contributed by atoms with Gasteiger partial charge in [0.1, 0.15) is 0 Å². The van der Waals surface area contributed by atoms with Crippen LogP contribution in [0.1, 0.15) is 58.8 Å². The SMILES string of the molecule is CC(C)C1CCCC(CN)(N(C)CC2CCCOC2)CC1. The largest absolute Gasteiger partial charge is 0.381 e. The predicted octanol–water partition coefficient (Wildman–Crippen LogP) is 3.28. The van der Waals surface area contributed by atoms with Crippen molar-refractivity contribution in [2.45, 2.75) is 64.3 Å². The highest BCUT2D eigenvalue weighted by Gasteiger charge is 2.37. The second-order valence-corrected chi connectivity index (χ2v) is 7.83. The molecule has 1 heterocycles. The van der Waals surface area contributed by atoms with Crippen molar-refractivity contribution < 1.29 is 4.74 Å². The van der Waals surface area contributed by atoms with Gasteiger partial charge < -0.3 is 10.5 Å². The molecule has 1 saturated carbocycles. The average molecular weight is 296 g/mol. The highest BCUT2D eigenvalue weighted by atomic mass is 16.5. The van der Waals surface area contributed by atoms with E-state index in [4.69, 9.17) is 10.5 Å². The molecular formula is C18H36N2O. The zero-order chi connectivity index (χ0) is 15.3. The smallest absolute Gasteiger partial charge is 0.0506 e. The van der Waals surface area contributed by atoms with E-state index in [0.717, 1.165) is 38.1 Å². The lowest BCUT2D eigenvalue weighted by Crippen LogP contribution is -2.53. The lowest BCUT2D eigenvalue weighted by atomic mass is 9.85. The molecule has 2 rings (SSSR count). The van der Waals surface area contributed by atoms with Crippen LogP contribution in [0.2, 0.25) is 0 Å². The van der Waals surface area contributed by atoms with Crippen LogP contribution < -0.4 is 5.73 Å². The molecule has 0 bridgehead atoms. The molecule has 21 heavy (non-hydrogen) atoms. The van der Waals surface area contributed by atoms with Crippen LogP contribution in [0, 0.1) is 17.8 Å². The Kier molecular flexibility index (Phi) is 6.51. The molecule has 2 fully saturated rings. The number of nitrogens with two attached hydrogens (primary N) is 1. The fourth-order valence-electron chi connectivity index (χ4n) is 4.36. The Bertz CT molecular complexity index is 302. The molecule has 3 atom stereocenters. The summed E-state index contributed by atoms with van der Waals surface area (Å²) >= 11 is 0. The van der Waals surface area contributed by atoms with Crippen molar-refractivity contribution in [2.24, 2.45) is 23.5 Å².